The minimum atomic E-state index is -4.90. The number of carbonyl (C=O) groups is 2. The SMILES string of the molecule is C=C(C)[S+]([O-])NC(=O)C1CCN(c2ccc(NC(=O)c3nc(-c4ccccc4)oc3C(F)(F)F)cc2)CC1. The average molecular weight is 547 g/mol. The van der Waals surface area contributed by atoms with Crippen LogP contribution in [0.3, 0.4) is 0 Å². The van der Waals surface area contributed by atoms with Crippen molar-refractivity contribution >= 4 is 34.6 Å². The van der Waals surface area contributed by atoms with E-state index < -0.39 is 34.9 Å². The van der Waals surface area contributed by atoms with Crippen molar-refractivity contribution in [3.05, 3.63) is 77.5 Å². The number of aromatic nitrogens is 1. The minimum Gasteiger partial charge on any atom is -0.588 e. The third-order valence-corrected chi connectivity index (χ3v) is 7.01. The van der Waals surface area contributed by atoms with Gasteiger partial charge in [-0.15, -0.1) is 0 Å². The van der Waals surface area contributed by atoms with Gasteiger partial charge in [-0.1, -0.05) is 18.2 Å². The zero-order valence-electron chi connectivity index (χ0n) is 20.4. The van der Waals surface area contributed by atoms with Crippen LogP contribution >= 0.6 is 0 Å². The van der Waals surface area contributed by atoms with Crippen LogP contribution in [0, 0.1) is 5.92 Å². The molecule has 1 aliphatic rings. The summed E-state index contributed by atoms with van der Waals surface area (Å²) in [6.45, 7) is 6.31. The fourth-order valence-corrected chi connectivity index (χ4v) is 4.50. The van der Waals surface area contributed by atoms with Gasteiger partial charge >= 0.3 is 6.18 Å². The average Bonchev–Trinajstić information content (AvgIpc) is 3.36. The van der Waals surface area contributed by atoms with E-state index in [0.29, 0.717) is 36.4 Å². The normalized spacial score (nSPS) is 15.1. The molecule has 0 spiro atoms. The molecular weight excluding hydrogens is 521 g/mol. The smallest absolute Gasteiger partial charge is 0.452 e. The van der Waals surface area contributed by atoms with Crippen LogP contribution in [0.5, 0.6) is 0 Å². The summed E-state index contributed by atoms with van der Waals surface area (Å²) in [6.07, 6.45) is -3.78. The highest BCUT2D eigenvalue weighted by molar-refractivity contribution is 7.93. The van der Waals surface area contributed by atoms with Gasteiger partial charge in [-0.2, -0.15) is 17.9 Å². The van der Waals surface area contributed by atoms with Crippen molar-refractivity contribution in [2.45, 2.75) is 25.9 Å². The van der Waals surface area contributed by atoms with Crippen molar-refractivity contribution < 1.29 is 31.7 Å². The van der Waals surface area contributed by atoms with Crippen molar-refractivity contribution in [3.8, 4) is 11.5 Å². The van der Waals surface area contributed by atoms with Crippen molar-refractivity contribution in [2.75, 3.05) is 23.3 Å². The number of oxazole rings is 1. The van der Waals surface area contributed by atoms with Gasteiger partial charge in [0.2, 0.25) is 11.7 Å². The number of allylic oxidation sites excluding steroid dienone is 1. The van der Waals surface area contributed by atoms with Crippen molar-refractivity contribution in [1.82, 2.24) is 9.71 Å². The number of anilines is 2. The molecule has 1 fully saturated rings. The number of piperidine rings is 1. The van der Waals surface area contributed by atoms with Crippen LogP contribution in [0.2, 0.25) is 0 Å². The number of hydrogen-bond donors (Lipinski definition) is 2. The first-order valence-electron chi connectivity index (χ1n) is 11.7. The van der Waals surface area contributed by atoms with Gasteiger partial charge in [0.1, 0.15) is 16.3 Å². The predicted octanol–water partition coefficient (Wildman–Crippen LogP) is 5.14. The molecule has 3 aromatic rings. The summed E-state index contributed by atoms with van der Waals surface area (Å²) in [5.74, 6) is -3.36. The molecule has 1 aromatic heterocycles. The van der Waals surface area contributed by atoms with E-state index >= 15 is 0 Å². The molecule has 0 radical (unpaired) electrons. The lowest BCUT2D eigenvalue weighted by molar-refractivity contribution is -0.153. The Morgan fingerprint density at radius 3 is 2.32 bits per heavy atom. The summed E-state index contributed by atoms with van der Waals surface area (Å²) in [6, 6.07) is 14.6. The van der Waals surface area contributed by atoms with Crippen molar-refractivity contribution in [1.29, 1.82) is 0 Å². The highest BCUT2D eigenvalue weighted by atomic mass is 32.2. The van der Waals surface area contributed by atoms with Crippen LogP contribution in [0.4, 0.5) is 24.5 Å². The van der Waals surface area contributed by atoms with E-state index in [1.54, 1.807) is 49.4 Å². The summed E-state index contributed by atoms with van der Waals surface area (Å²) in [5.41, 5.74) is 0.573. The first kappa shape index (κ1) is 27.3. The van der Waals surface area contributed by atoms with Gasteiger partial charge in [-0.05, 0) is 55.8 Å². The Labute approximate surface area is 220 Å². The number of hydrogen-bond acceptors (Lipinski definition) is 6. The van der Waals surface area contributed by atoms with Crippen molar-refractivity contribution in [2.24, 2.45) is 5.92 Å². The molecule has 0 saturated carbocycles. The molecule has 2 amide bonds. The van der Waals surface area contributed by atoms with Gasteiger partial charge in [0.25, 0.3) is 11.8 Å². The Morgan fingerprint density at radius 1 is 1.11 bits per heavy atom. The minimum absolute atomic E-state index is 0.265. The Balaban J connectivity index is 1.40. The molecule has 200 valence electrons. The number of halogens is 3. The predicted molar refractivity (Wildman–Crippen MR) is 137 cm³/mol. The van der Waals surface area contributed by atoms with Crippen LogP contribution in [0.25, 0.3) is 11.5 Å². The van der Waals surface area contributed by atoms with Gasteiger partial charge in [0.15, 0.2) is 5.69 Å². The van der Waals surface area contributed by atoms with Gasteiger partial charge in [0.05, 0.1) is 0 Å². The second kappa shape index (κ2) is 11.3. The molecule has 8 nitrogen and oxygen atoms in total. The Kier molecular flexibility index (Phi) is 8.12. The zero-order valence-corrected chi connectivity index (χ0v) is 21.2. The maximum Gasteiger partial charge on any atom is 0.452 e. The molecule has 0 aliphatic carbocycles. The number of benzene rings is 2. The molecular formula is C26H25F3N4O4S. The summed E-state index contributed by atoms with van der Waals surface area (Å²) >= 11 is -1.60. The van der Waals surface area contributed by atoms with Gasteiger partial charge < -0.3 is 19.2 Å². The Hall–Kier alpha value is -3.77. The largest absolute Gasteiger partial charge is 0.588 e. The highest BCUT2D eigenvalue weighted by Crippen LogP contribution is 2.35. The number of nitrogens with zero attached hydrogens (tertiary/aromatic N) is 2. The van der Waals surface area contributed by atoms with Crippen LogP contribution in [-0.4, -0.2) is 34.4 Å². The van der Waals surface area contributed by atoms with Crippen LogP contribution < -0.4 is 14.9 Å². The standard InChI is InChI=1S/C26H25F3N4O4S/c1-16(2)38(36)32-23(34)17-12-14-33(15-13-17)20-10-8-19(9-11-20)30-24(35)21-22(26(27,28)29)37-25(31-21)18-6-4-3-5-7-18/h3-11,17H,1,12-15H2,2H3,(H,30,35)(H,32,34). The van der Waals surface area contributed by atoms with E-state index in [2.05, 4.69) is 26.5 Å². The van der Waals surface area contributed by atoms with E-state index in [9.17, 15) is 27.3 Å². The summed E-state index contributed by atoms with van der Waals surface area (Å²) in [5, 5.41) is 2.45. The third kappa shape index (κ3) is 6.37. The van der Waals surface area contributed by atoms with E-state index in [1.165, 1.54) is 12.1 Å². The molecule has 4 rings (SSSR count). The number of amides is 2. The molecule has 2 heterocycles. The molecule has 12 heteroatoms. The first-order chi connectivity index (χ1) is 18.0. The van der Waals surface area contributed by atoms with Crippen molar-refractivity contribution in [3.63, 3.8) is 0 Å². The zero-order chi connectivity index (χ0) is 27.4. The van der Waals surface area contributed by atoms with Gasteiger partial charge in [-0.25, -0.2) is 4.98 Å². The quantitative estimate of drug-likeness (QED) is 0.397. The molecule has 0 bridgehead atoms. The van der Waals surface area contributed by atoms with E-state index in [1.807, 2.05) is 0 Å². The van der Waals surface area contributed by atoms with Crippen LogP contribution in [-0.2, 0) is 22.3 Å². The number of carbonyl (C=O) groups excluding carboxylic acids is 2. The topological polar surface area (TPSA) is 111 Å². The number of alkyl halides is 3. The fourth-order valence-electron chi connectivity index (χ4n) is 3.98. The molecule has 1 aliphatic heterocycles. The third-order valence-electron chi connectivity index (χ3n) is 5.99. The molecule has 1 unspecified atom stereocenters. The summed E-state index contributed by atoms with van der Waals surface area (Å²) in [4.78, 5) is 31.3. The lowest BCUT2D eigenvalue weighted by atomic mass is 9.96. The Morgan fingerprint density at radius 2 is 1.74 bits per heavy atom. The van der Waals surface area contributed by atoms with Crippen LogP contribution in [0.1, 0.15) is 36.0 Å². The summed E-state index contributed by atoms with van der Waals surface area (Å²) < 4.78 is 59.8. The molecule has 2 N–H and O–H groups in total. The van der Waals surface area contributed by atoms with Crippen LogP contribution in [0.15, 0.2) is 70.5 Å². The maximum atomic E-state index is 13.5. The fraction of sp³-hybridized carbons (Fsp3) is 0.269. The first-order valence-corrected chi connectivity index (χ1v) is 12.9. The monoisotopic (exact) mass is 546 g/mol. The number of nitrogens with one attached hydrogen (secondary N) is 2. The van der Waals surface area contributed by atoms with Gasteiger partial charge in [0, 0.05) is 42.9 Å². The molecule has 2 aromatic carbocycles. The van der Waals surface area contributed by atoms with E-state index in [-0.39, 0.29) is 23.4 Å². The van der Waals surface area contributed by atoms with E-state index in [0.717, 1.165) is 5.69 Å². The lowest BCUT2D eigenvalue weighted by Gasteiger charge is -2.33. The highest BCUT2D eigenvalue weighted by Gasteiger charge is 2.42. The van der Waals surface area contributed by atoms with Gasteiger partial charge in [-0.3, -0.25) is 9.59 Å². The second-order valence-electron chi connectivity index (χ2n) is 8.76. The Bertz CT molecular complexity index is 1300. The second-order valence-corrected chi connectivity index (χ2v) is 10.2. The lowest BCUT2D eigenvalue weighted by Crippen LogP contribution is -2.42. The summed E-state index contributed by atoms with van der Waals surface area (Å²) in [7, 11) is 0. The molecule has 1 saturated heterocycles. The van der Waals surface area contributed by atoms with E-state index in [4.69, 9.17) is 4.42 Å². The maximum absolute atomic E-state index is 13.5. The molecule has 38 heavy (non-hydrogen) atoms. The molecule has 1 atom stereocenters. The number of rotatable bonds is 7.